The minimum Gasteiger partial charge on any atom is -0.494 e. The van der Waals surface area contributed by atoms with Crippen LogP contribution in [0.15, 0.2) is 35.9 Å². The van der Waals surface area contributed by atoms with Crippen molar-refractivity contribution in [3.05, 3.63) is 35.9 Å². The number of nitrogens with one attached hydrogen (secondary N) is 1. The Morgan fingerprint density at radius 1 is 1.47 bits per heavy atom. The van der Waals surface area contributed by atoms with E-state index >= 15 is 0 Å². The van der Waals surface area contributed by atoms with Gasteiger partial charge < -0.3 is 14.6 Å². The second kappa shape index (κ2) is 5.49. The highest BCUT2D eigenvalue weighted by molar-refractivity contribution is 6.05. The molecule has 0 aromatic heterocycles. The normalized spacial score (nSPS) is 17.2. The van der Waals surface area contributed by atoms with Crippen LogP contribution in [0.2, 0.25) is 0 Å². The first-order valence-corrected chi connectivity index (χ1v) is 5.65. The van der Waals surface area contributed by atoms with Crippen LogP contribution in [-0.4, -0.2) is 24.7 Å². The third kappa shape index (κ3) is 2.41. The lowest BCUT2D eigenvalue weighted by Gasteiger charge is -2.14. The topological polar surface area (TPSA) is 80.3 Å². The number of hydrogen-bond acceptors (Lipinski definition) is 6. The van der Waals surface area contributed by atoms with Crippen molar-refractivity contribution in [2.45, 2.75) is 6.92 Å². The average Bonchev–Trinajstić information content (AvgIpc) is 2.80. The molecule has 1 aliphatic rings. The van der Waals surface area contributed by atoms with Gasteiger partial charge in [-0.15, -0.1) is 4.94 Å². The summed E-state index contributed by atoms with van der Waals surface area (Å²) in [5.74, 6) is -0.616. The molecular weight excluding hydrogens is 252 g/mol. The molecule has 1 aromatic rings. The smallest absolute Gasteiger partial charge is 0.310 e. The van der Waals surface area contributed by atoms with Gasteiger partial charge in [-0.1, -0.05) is 12.1 Å². The van der Waals surface area contributed by atoms with E-state index in [0.29, 0.717) is 11.4 Å². The molecule has 2 N–H and O–H groups in total. The van der Waals surface area contributed by atoms with Crippen molar-refractivity contribution < 1.29 is 24.3 Å². The summed E-state index contributed by atoms with van der Waals surface area (Å²) in [6, 6.07) is 6.85. The van der Waals surface area contributed by atoms with Crippen molar-refractivity contribution in [2.75, 3.05) is 18.8 Å². The minimum atomic E-state index is -0.574. The second-order valence-electron chi connectivity index (χ2n) is 3.58. The molecule has 1 heterocycles. The van der Waals surface area contributed by atoms with E-state index in [2.05, 4.69) is 5.48 Å². The van der Waals surface area contributed by atoms with Gasteiger partial charge in [0, 0.05) is 0 Å². The van der Waals surface area contributed by atoms with Crippen LogP contribution in [0, 0.1) is 0 Å². The predicted octanol–water partition coefficient (Wildman–Crippen LogP) is 1.24. The second-order valence-corrected chi connectivity index (χ2v) is 3.58. The van der Waals surface area contributed by atoms with E-state index in [0.717, 1.165) is 5.06 Å². The number of nitrogens with zero attached hydrogens (tertiary/aromatic N) is 1. The number of carbonyl (C=O) groups is 1. The molecule has 102 valence electrons. The van der Waals surface area contributed by atoms with Crippen LogP contribution in [0.5, 0.6) is 5.75 Å². The lowest BCUT2D eigenvalue weighted by atomic mass is 10.3. The molecule has 7 nitrogen and oxygen atoms in total. The molecule has 2 rings (SSSR count). The molecular formula is C12H14N2O5. The highest BCUT2D eigenvalue weighted by Crippen LogP contribution is 2.30. The maximum Gasteiger partial charge on any atom is 0.310 e. The predicted molar refractivity (Wildman–Crippen MR) is 66.0 cm³/mol. The zero-order valence-electron chi connectivity index (χ0n) is 10.5. The van der Waals surface area contributed by atoms with Gasteiger partial charge in [-0.25, -0.2) is 5.48 Å². The molecule has 1 aromatic carbocycles. The largest absolute Gasteiger partial charge is 0.494 e. The van der Waals surface area contributed by atoms with Gasteiger partial charge in [-0.3, -0.25) is 4.79 Å². The first-order valence-electron chi connectivity index (χ1n) is 5.65. The van der Waals surface area contributed by atoms with Crippen LogP contribution >= 0.6 is 0 Å². The van der Waals surface area contributed by atoms with Crippen LogP contribution in [0.25, 0.3) is 0 Å². The molecule has 0 spiro atoms. The van der Waals surface area contributed by atoms with Crippen LogP contribution in [-0.2, 0) is 14.5 Å². The van der Waals surface area contributed by atoms with Gasteiger partial charge in [0.2, 0.25) is 5.70 Å². The average molecular weight is 266 g/mol. The van der Waals surface area contributed by atoms with Crippen molar-refractivity contribution in [3.8, 4) is 5.75 Å². The molecule has 0 unspecified atom stereocenters. The van der Waals surface area contributed by atoms with Gasteiger partial charge in [0.25, 0.3) is 0 Å². The van der Waals surface area contributed by atoms with E-state index in [1.807, 2.05) is 0 Å². The summed E-state index contributed by atoms with van der Waals surface area (Å²) in [7, 11) is 1.49. The maximum absolute atomic E-state index is 12.1. The number of amides is 1. The van der Waals surface area contributed by atoms with Gasteiger partial charge in [-0.05, 0) is 19.1 Å². The SMILES string of the molecule is CCO/C(O)=C1\NON(c2ccccc2OC)C1=O. The zero-order chi connectivity index (χ0) is 13.8. The molecule has 0 bridgehead atoms. The van der Waals surface area contributed by atoms with E-state index in [1.54, 1.807) is 31.2 Å². The Hall–Kier alpha value is -2.41. The number of para-hydroxylation sites is 2. The first kappa shape index (κ1) is 13.0. The highest BCUT2D eigenvalue weighted by atomic mass is 16.8. The monoisotopic (exact) mass is 266 g/mol. The van der Waals surface area contributed by atoms with E-state index in [1.165, 1.54) is 7.11 Å². The number of benzene rings is 1. The number of carbonyl (C=O) groups excluding carboxylic acids is 1. The van der Waals surface area contributed by atoms with Crippen molar-refractivity contribution in [1.29, 1.82) is 0 Å². The third-order valence-corrected chi connectivity index (χ3v) is 2.44. The summed E-state index contributed by atoms with van der Waals surface area (Å²) < 4.78 is 9.99. The van der Waals surface area contributed by atoms with Gasteiger partial charge in [0.1, 0.15) is 11.4 Å². The van der Waals surface area contributed by atoms with Crippen LogP contribution in [0.4, 0.5) is 5.69 Å². The van der Waals surface area contributed by atoms with E-state index in [4.69, 9.17) is 14.4 Å². The Morgan fingerprint density at radius 3 is 2.89 bits per heavy atom. The summed E-state index contributed by atoms with van der Waals surface area (Å²) in [4.78, 5) is 17.1. The Balaban J connectivity index is 2.30. The Bertz CT molecular complexity index is 515. The number of hydroxylamine groups is 2. The highest BCUT2D eigenvalue weighted by Gasteiger charge is 2.34. The first-order chi connectivity index (χ1) is 9.19. The fourth-order valence-electron chi connectivity index (χ4n) is 1.58. The summed E-state index contributed by atoms with van der Waals surface area (Å²) in [5, 5.41) is 10.5. The van der Waals surface area contributed by atoms with E-state index in [9.17, 15) is 9.90 Å². The van der Waals surface area contributed by atoms with Crippen LogP contribution in [0.1, 0.15) is 6.92 Å². The fourth-order valence-corrected chi connectivity index (χ4v) is 1.58. The molecule has 0 saturated carbocycles. The Morgan fingerprint density at radius 2 is 2.21 bits per heavy atom. The van der Waals surface area contributed by atoms with Crippen molar-refractivity contribution >= 4 is 11.6 Å². The molecule has 0 radical (unpaired) electrons. The number of anilines is 1. The molecule has 19 heavy (non-hydrogen) atoms. The molecule has 0 aliphatic carbocycles. The number of aliphatic hydroxyl groups is 1. The van der Waals surface area contributed by atoms with Crippen molar-refractivity contribution in [2.24, 2.45) is 0 Å². The lowest BCUT2D eigenvalue weighted by Crippen LogP contribution is -2.24. The molecule has 7 heteroatoms. The summed E-state index contributed by atoms with van der Waals surface area (Å²) in [6.07, 6.45) is 0. The van der Waals surface area contributed by atoms with Crippen LogP contribution in [0.3, 0.4) is 0 Å². The van der Waals surface area contributed by atoms with Gasteiger partial charge in [0.05, 0.1) is 13.7 Å². The van der Waals surface area contributed by atoms with E-state index < -0.39 is 11.9 Å². The molecule has 1 fully saturated rings. The molecule has 1 saturated heterocycles. The molecule has 1 amide bonds. The third-order valence-electron chi connectivity index (χ3n) is 2.44. The summed E-state index contributed by atoms with van der Waals surface area (Å²) >= 11 is 0. The number of aliphatic hydroxyl groups excluding tert-OH is 1. The molecule has 0 atom stereocenters. The zero-order valence-corrected chi connectivity index (χ0v) is 10.5. The van der Waals surface area contributed by atoms with Crippen molar-refractivity contribution in [3.63, 3.8) is 0 Å². The summed E-state index contributed by atoms with van der Waals surface area (Å²) in [6.45, 7) is 1.92. The van der Waals surface area contributed by atoms with Gasteiger partial charge in [-0.2, -0.15) is 5.06 Å². The quantitative estimate of drug-likeness (QED) is 0.630. The maximum atomic E-state index is 12.1. The van der Waals surface area contributed by atoms with Crippen LogP contribution < -0.4 is 15.3 Å². The number of rotatable bonds is 4. The van der Waals surface area contributed by atoms with E-state index in [-0.39, 0.29) is 12.3 Å². The molecule has 1 aliphatic heterocycles. The van der Waals surface area contributed by atoms with Gasteiger partial charge >= 0.3 is 11.9 Å². The minimum absolute atomic E-state index is 0.159. The summed E-state index contributed by atoms with van der Waals surface area (Å²) in [5.41, 5.74) is 2.58. The number of ether oxygens (including phenoxy) is 2. The number of methoxy groups -OCH3 is 1. The Labute approximate surface area is 109 Å². The fraction of sp³-hybridized carbons (Fsp3) is 0.250. The Kier molecular flexibility index (Phi) is 3.76. The van der Waals surface area contributed by atoms with Gasteiger partial charge in [0.15, 0.2) is 0 Å². The standard InChI is InChI=1S/C12H14N2O5/c1-3-18-12(16)10-11(15)14(19-13-10)8-6-4-5-7-9(8)17-2/h4-7,13,16H,3H2,1-2H3/b12-10-. The number of hydrogen-bond donors (Lipinski definition) is 2. The van der Waals surface area contributed by atoms with Crippen molar-refractivity contribution in [1.82, 2.24) is 5.48 Å². The lowest BCUT2D eigenvalue weighted by molar-refractivity contribution is -0.118.